The minimum absolute atomic E-state index is 0.183. The molecule has 1 atom stereocenters. The normalized spacial score (nSPS) is 13.2. The van der Waals surface area contributed by atoms with Gasteiger partial charge in [0, 0.05) is 22.3 Å². The number of nitrogens with one attached hydrogen (secondary N) is 1. The topological polar surface area (TPSA) is 32.3 Å². The summed E-state index contributed by atoms with van der Waals surface area (Å²) >= 11 is 1.82. The molecule has 74 valence electrons. The quantitative estimate of drug-likeness (QED) is 0.775. The van der Waals surface area contributed by atoms with E-state index in [-0.39, 0.29) is 12.6 Å². The maximum absolute atomic E-state index is 8.81. The molecule has 0 saturated carbocycles. The van der Waals surface area contributed by atoms with Crippen molar-refractivity contribution in [2.24, 2.45) is 0 Å². The highest BCUT2D eigenvalue weighted by Gasteiger charge is 2.03. The lowest BCUT2D eigenvalue weighted by Gasteiger charge is -2.08. The zero-order valence-corrected chi connectivity index (χ0v) is 9.24. The van der Waals surface area contributed by atoms with Gasteiger partial charge in [-0.15, -0.1) is 11.3 Å². The lowest BCUT2D eigenvalue weighted by Crippen LogP contribution is -2.28. The van der Waals surface area contributed by atoms with Crippen molar-refractivity contribution in [3.8, 4) is 0 Å². The Kier molecular flexibility index (Phi) is 3.90. The molecule has 0 amide bonds. The van der Waals surface area contributed by atoms with Crippen LogP contribution in [0.2, 0.25) is 0 Å². The number of aryl methyl sites for hydroxylation is 2. The number of thiophene rings is 1. The number of hydrogen-bond donors (Lipinski definition) is 2. The smallest absolute Gasteiger partial charge is 0.0582 e. The minimum Gasteiger partial charge on any atom is -0.395 e. The summed E-state index contributed by atoms with van der Waals surface area (Å²) in [5.74, 6) is 0. The zero-order chi connectivity index (χ0) is 9.84. The summed E-state index contributed by atoms with van der Waals surface area (Å²) in [4.78, 5) is 2.73. The SMILES string of the molecule is Cc1cc(CNC(C)CO)sc1C. The monoisotopic (exact) mass is 199 g/mol. The summed E-state index contributed by atoms with van der Waals surface area (Å²) in [6.07, 6.45) is 0. The third kappa shape index (κ3) is 3.10. The lowest BCUT2D eigenvalue weighted by atomic mass is 10.3. The van der Waals surface area contributed by atoms with E-state index in [0.29, 0.717) is 0 Å². The highest BCUT2D eigenvalue weighted by atomic mass is 32.1. The first-order valence-corrected chi connectivity index (χ1v) is 5.35. The molecule has 1 heterocycles. The van der Waals surface area contributed by atoms with Gasteiger partial charge in [-0.3, -0.25) is 0 Å². The number of hydrogen-bond acceptors (Lipinski definition) is 3. The highest BCUT2D eigenvalue weighted by molar-refractivity contribution is 7.12. The predicted octanol–water partition coefficient (Wildman–Crippen LogP) is 1.84. The Morgan fingerprint density at radius 1 is 1.54 bits per heavy atom. The molecule has 1 aromatic rings. The Balaban J connectivity index is 2.45. The fraction of sp³-hybridized carbons (Fsp3) is 0.600. The summed E-state index contributed by atoms with van der Waals surface area (Å²) < 4.78 is 0. The van der Waals surface area contributed by atoms with E-state index in [0.717, 1.165) is 6.54 Å². The van der Waals surface area contributed by atoms with E-state index in [1.165, 1.54) is 15.3 Å². The summed E-state index contributed by atoms with van der Waals surface area (Å²) in [6.45, 7) is 7.31. The van der Waals surface area contributed by atoms with E-state index in [2.05, 4.69) is 25.2 Å². The first-order valence-electron chi connectivity index (χ1n) is 4.53. The first kappa shape index (κ1) is 10.7. The van der Waals surface area contributed by atoms with Crippen LogP contribution < -0.4 is 5.32 Å². The molecular formula is C10H17NOS. The largest absolute Gasteiger partial charge is 0.395 e. The van der Waals surface area contributed by atoms with Crippen LogP contribution >= 0.6 is 11.3 Å². The van der Waals surface area contributed by atoms with Crippen molar-refractivity contribution in [2.75, 3.05) is 6.61 Å². The third-order valence-electron chi connectivity index (χ3n) is 2.12. The van der Waals surface area contributed by atoms with Crippen LogP contribution in [0, 0.1) is 13.8 Å². The van der Waals surface area contributed by atoms with Gasteiger partial charge in [-0.1, -0.05) is 0 Å². The van der Waals surface area contributed by atoms with Gasteiger partial charge in [-0.2, -0.15) is 0 Å². The van der Waals surface area contributed by atoms with E-state index in [9.17, 15) is 0 Å². The van der Waals surface area contributed by atoms with Crippen LogP contribution in [0.5, 0.6) is 0 Å². The van der Waals surface area contributed by atoms with Crippen LogP contribution in [0.15, 0.2) is 6.07 Å². The molecule has 3 heteroatoms. The summed E-state index contributed by atoms with van der Waals surface area (Å²) in [5.41, 5.74) is 1.36. The average Bonchev–Trinajstić information content (AvgIpc) is 2.42. The van der Waals surface area contributed by atoms with E-state index in [4.69, 9.17) is 5.11 Å². The lowest BCUT2D eigenvalue weighted by molar-refractivity contribution is 0.251. The Morgan fingerprint density at radius 3 is 2.69 bits per heavy atom. The van der Waals surface area contributed by atoms with Crippen molar-refractivity contribution in [1.82, 2.24) is 5.32 Å². The van der Waals surface area contributed by atoms with Crippen LogP contribution in [-0.2, 0) is 6.54 Å². The molecule has 0 aliphatic carbocycles. The molecule has 1 aromatic heterocycles. The predicted molar refractivity (Wildman–Crippen MR) is 57.2 cm³/mol. The molecule has 2 nitrogen and oxygen atoms in total. The number of aliphatic hydroxyl groups excluding tert-OH is 1. The van der Waals surface area contributed by atoms with Gasteiger partial charge >= 0.3 is 0 Å². The van der Waals surface area contributed by atoms with Gasteiger partial charge < -0.3 is 10.4 Å². The van der Waals surface area contributed by atoms with E-state index in [1.54, 1.807) is 0 Å². The molecule has 0 fully saturated rings. The van der Waals surface area contributed by atoms with Crippen LogP contribution in [0.3, 0.4) is 0 Å². The molecule has 0 aliphatic rings. The maximum Gasteiger partial charge on any atom is 0.0582 e. The molecule has 1 unspecified atom stereocenters. The van der Waals surface area contributed by atoms with Gasteiger partial charge in [0.1, 0.15) is 0 Å². The van der Waals surface area contributed by atoms with Crippen molar-refractivity contribution in [1.29, 1.82) is 0 Å². The molecule has 0 radical (unpaired) electrons. The highest BCUT2D eigenvalue weighted by Crippen LogP contribution is 2.20. The van der Waals surface area contributed by atoms with Gasteiger partial charge in [0.15, 0.2) is 0 Å². The van der Waals surface area contributed by atoms with Crippen molar-refractivity contribution < 1.29 is 5.11 Å². The Bertz CT molecular complexity index is 250. The first-order chi connectivity index (χ1) is 6.13. The van der Waals surface area contributed by atoms with Crippen LogP contribution in [-0.4, -0.2) is 17.8 Å². The Morgan fingerprint density at radius 2 is 2.23 bits per heavy atom. The standard InChI is InChI=1S/C10H17NOS/c1-7-4-10(13-9(7)3)5-11-8(2)6-12/h4,8,11-12H,5-6H2,1-3H3. The molecule has 1 rings (SSSR count). The molecule has 0 spiro atoms. The molecule has 2 N–H and O–H groups in total. The van der Waals surface area contributed by atoms with Crippen LogP contribution in [0.1, 0.15) is 22.2 Å². The minimum atomic E-state index is 0.183. The molecule has 0 aromatic carbocycles. The zero-order valence-electron chi connectivity index (χ0n) is 8.42. The molecule has 13 heavy (non-hydrogen) atoms. The van der Waals surface area contributed by atoms with Crippen molar-refractivity contribution >= 4 is 11.3 Å². The summed E-state index contributed by atoms with van der Waals surface area (Å²) in [6, 6.07) is 2.39. The van der Waals surface area contributed by atoms with E-state index in [1.807, 2.05) is 18.3 Å². The van der Waals surface area contributed by atoms with Crippen molar-refractivity contribution in [3.63, 3.8) is 0 Å². The van der Waals surface area contributed by atoms with E-state index >= 15 is 0 Å². The van der Waals surface area contributed by atoms with Crippen LogP contribution in [0.25, 0.3) is 0 Å². The summed E-state index contributed by atoms with van der Waals surface area (Å²) in [5, 5.41) is 12.1. The average molecular weight is 199 g/mol. The third-order valence-corrected chi connectivity index (χ3v) is 3.27. The molecule has 0 aliphatic heterocycles. The van der Waals surface area contributed by atoms with Gasteiger partial charge in [0.05, 0.1) is 6.61 Å². The van der Waals surface area contributed by atoms with Gasteiger partial charge in [-0.25, -0.2) is 0 Å². The van der Waals surface area contributed by atoms with Crippen molar-refractivity contribution in [2.45, 2.75) is 33.4 Å². The second-order valence-corrected chi connectivity index (χ2v) is 4.76. The second kappa shape index (κ2) is 4.74. The van der Waals surface area contributed by atoms with Crippen LogP contribution in [0.4, 0.5) is 0 Å². The molecular weight excluding hydrogens is 182 g/mol. The number of rotatable bonds is 4. The Labute approximate surface area is 83.6 Å². The second-order valence-electron chi connectivity index (χ2n) is 3.42. The van der Waals surface area contributed by atoms with Gasteiger partial charge in [-0.05, 0) is 32.4 Å². The summed E-state index contributed by atoms with van der Waals surface area (Å²) in [7, 11) is 0. The molecule has 0 saturated heterocycles. The van der Waals surface area contributed by atoms with E-state index < -0.39 is 0 Å². The molecule has 0 bridgehead atoms. The fourth-order valence-electron chi connectivity index (χ4n) is 1.08. The van der Waals surface area contributed by atoms with Gasteiger partial charge in [0.25, 0.3) is 0 Å². The van der Waals surface area contributed by atoms with Crippen molar-refractivity contribution in [3.05, 3.63) is 21.4 Å². The maximum atomic E-state index is 8.81. The van der Waals surface area contributed by atoms with Gasteiger partial charge in [0.2, 0.25) is 0 Å². The number of aliphatic hydroxyl groups is 1. The fourth-order valence-corrected chi connectivity index (χ4v) is 2.08. The Hall–Kier alpha value is -0.380.